The largest absolute Gasteiger partial charge is 0.525 e. The molecule has 1 aromatic rings. The van der Waals surface area contributed by atoms with Crippen LogP contribution in [0, 0.1) is 0 Å². The van der Waals surface area contributed by atoms with Gasteiger partial charge in [0.25, 0.3) is 0 Å². The van der Waals surface area contributed by atoms with E-state index in [1.807, 2.05) is 52.0 Å². The van der Waals surface area contributed by atoms with E-state index < -0.39 is 24.0 Å². The molecule has 2 heterocycles. The predicted molar refractivity (Wildman–Crippen MR) is 104 cm³/mol. The zero-order valence-corrected chi connectivity index (χ0v) is 16.8. The number of rotatable bonds is 5. The van der Waals surface area contributed by atoms with Gasteiger partial charge in [-0.3, -0.25) is 4.90 Å². The highest BCUT2D eigenvalue weighted by molar-refractivity contribution is 6.55. The van der Waals surface area contributed by atoms with Crippen LogP contribution in [0.1, 0.15) is 39.7 Å². The van der Waals surface area contributed by atoms with Crippen LogP contribution in [0.3, 0.4) is 0 Å². The van der Waals surface area contributed by atoms with E-state index in [1.165, 1.54) is 0 Å². The average Bonchev–Trinajstić information content (AvgIpc) is 3.12. The summed E-state index contributed by atoms with van der Waals surface area (Å²) in [4.78, 5) is 2.05. The van der Waals surface area contributed by atoms with Crippen molar-refractivity contribution < 1.29 is 23.5 Å². The van der Waals surface area contributed by atoms with Gasteiger partial charge in [0.05, 0.1) is 24.4 Å². The number of ether oxygens (including phenoxy) is 1. The molecular formula is C20H29BFNO4. The number of hydrogen-bond acceptors (Lipinski definition) is 5. The number of benzene rings is 1. The molecule has 2 saturated heterocycles. The predicted octanol–water partition coefficient (Wildman–Crippen LogP) is 3.07. The van der Waals surface area contributed by atoms with Crippen molar-refractivity contribution in [1.82, 2.24) is 4.90 Å². The number of β-amino-alcohol motifs (C(OH)–C–C–N with tert-alkyl or cyclic N) is 1. The Bertz CT molecular complexity index is 688. The molecule has 3 rings (SSSR count). The van der Waals surface area contributed by atoms with Gasteiger partial charge in [-0.1, -0.05) is 12.1 Å². The fourth-order valence-corrected chi connectivity index (χ4v) is 3.37. The second-order valence-electron chi connectivity index (χ2n) is 8.32. The van der Waals surface area contributed by atoms with E-state index in [1.54, 1.807) is 7.11 Å². The van der Waals surface area contributed by atoms with Gasteiger partial charge in [0.2, 0.25) is 0 Å². The molecule has 2 aliphatic heterocycles. The van der Waals surface area contributed by atoms with E-state index in [9.17, 15) is 5.11 Å². The summed E-state index contributed by atoms with van der Waals surface area (Å²) in [7, 11) is 0.558. The molecule has 0 aromatic heterocycles. The zero-order chi connectivity index (χ0) is 19.8. The third kappa shape index (κ3) is 4.21. The first-order valence-electron chi connectivity index (χ1n) is 9.42. The Morgan fingerprint density at radius 1 is 1.22 bits per heavy atom. The number of methoxy groups -OCH3 is 1. The fourth-order valence-electron chi connectivity index (χ4n) is 3.37. The van der Waals surface area contributed by atoms with Gasteiger partial charge in [0.15, 0.2) is 0 Å². The normalized spacial score (nSPS) is 25.6. The van der Waals surface area contributed by atoms with Crippen LogP contribution in [0.4, 0.5) is 4.39 Å². The maximum absolute atomic E-state index is 15.6. The van der Waals surface area contributed by atoms with Crippen LogP contribution in [0.25, 0.3) is 5.57 Å². The second-order valence-corrected chi connectivity index (χ2v) is 8.32. The van der Waals surface area contributed by atoms with E-state index in [0.717, 1.165) is 12.1 Å². The lowest BCUT2D eigenvalue weighted by Gasteiger charge is -2.32. The second kappa shape index (κ2) is 7.55. The van der Waals surface area contributed by atoms with E-state index >= 15 is 4.39 Å². The monoisotopic (exact) mass is 377 g/mol. The lowest BCUT2D eigenvalue weighted by Crippen LogP contribution is -2.41. The molecule has 1 N–H and O–H groups in total. The Morgan fingerprint density at radius 3 is 2.30 bits per heavy atom. The van der Waals surface area contributed by atoms with Crippen LogP contribution in [0.5, 0.6) is 5.75 Å². The number of hydrogen-bond donors (Lipinski definition) is 1. The molecule has 0 spiro atoms. The Kier molecular flexibility index (Phi) is 5.68. The molecule has 0 radical (unpaired) electrons. The van der Waals surface area contributed by atoms with Gasteiger partial charge in [0.1, 0.15) is 11.5 Å². The Hall–Kier alpha value is -1.41. The molecule has 0 aliphatic carbocycles. The zero-order valence-electron chi connectivity index (χ0n) is 16.8. The van der Waals surface area contributed by atoms with Crippen molar-refractivity contribution in [2.24, 2.45) is 0 Å². The number of aliphatic hydroxyl groups excluding tert-OH is 1. The van der Waals surface area contributed by atoms with Gasteiger partial charge >= 0.3 is 7.12 Å². The van der Waals surface area contributed by atoms with Crippen molar-refractivity contribution >= 4 is 12.7 Å². The molecular weight excluding hydrogens is 348 g/mol. The van der Waals surface area contributed by atoms with Crippen molar-refractivity contribution in [3.05, 3.63) is 35.6 Å². The number of nitrogens with zero attached hydrogens (tertiary/aromatic N) is 1. The minimum atomic E-state index is -1.04. The van der Waals surface area contributed by atoms with Crippen LogP contribution >= 0.6 is 0 Å². The van der Waals surface area contributed by atoms with Crippen LogP contribution in [-0.2, 0) is 9.31 Å². The maximum atomic E-state index is 15.6. The van der Waals surface area contributed by atoms with Crippen molar-refractivity contribution in [3.8, 4) is 5.75 Å². The minimum absolute atomic E-state index is 0.359. The summed E-state index contributed by atoms with van der Waals surface area (Å²) in [5, 5.41) is 9.82. The van der Waals surface area contributed by atoms with Crippen LogP contribution in [0.15, 0.2) is 30.0 Å². The summed E-state index contributed by atoms with van der Waals surface area (Å²) < 4.78 is 32.6. The van der Waals surface area contributed by atoms with Crippen LogP contribution in [0.2, 0.25) is 0 Å². The Morgan fingerprint density at radius 2 is 1.81 bits per heavy atom. The number of halogens is 1. The molecule has 1 atom stereocenters. The van der Waals surface area contributed by atoms with Gasteiger partial charge in [-0.2, -0.15) is 0 Å². The molecule has 2 aliphatic rings. The third-order valence-electron chi connectivity index (χ3n) is 5.82. The highest BCUT2D eigenvalue weighted by atomic mass is 19.1. The lowest BCUT2D eigenvalue weighted by molar-refractivity contribution is 0.00578. The summed E-state index contributed by atoms with van der Waals surface area (Å²) in [5.74, 6) is 0.714. The molecule has 0 amide bonds. The molecule has 1 unspecified atom stereocenters. The summed E-state index contributed by atoms with van der Waals surface area (Å²) >= 11 is 0. The Labute approximate surface area is 161 Å². The smallest absolute Gasteiger partial charge is 0.497 e. The van der Waals surface area contributed by atoms with Crippen LogP contribution < -0.4 is 4.74 Å². The van der Waals surface area contributed by atoms with E-state index in [2.05, 4.69) is 4.90 Å². The maximum Gasteiger partial charge on any atom is 0.525 e. The standard InChI is InChI=1S/C20H29BFNO4/c1-19(2)20(3,4)27-21(26-19)18(22)17(13-23-11-10-15(24)12-23)14-6-8-16(25-5)9-7-14/h6-9,15,24H,10-13H2,1-5H3. The Balaban J connectivity index is 1.93. The first-order chi connectivity index (χ1) is 12.6. The molecule has 7 heteroatoms. The van der Waals surface area contributed by atoms with Gasteiger partial charge in [-0.25, -0.2) is 4.39 Å². The molecule has 0 bridgehead atoms. The minimum Gasteiger partial charge on any atom is -0.497 e. The van der Waals surface area contributed by atoms with Crippen molar-refractivity contribution in [2.75, 3.05) is 26.7 Å². The number of aliphatic hydroxyl groups is 1. The van der Waals surface area contributed by atoms with Crippen molar-refractivity contribution in [3.63, 3.8) is 0 Å². The van der Waals surface area contributed by atoms with Crippen molar-refractivity contribution in [2.45, 2.75) is 51.4 Å². The average molecular weight is 377 g/mol. The summed E-state index contributed by atoms with van der Waals surface area (Å²) in [6.45, 7) is 9.29. The van der Waals surface area contributed by atoms with Crippen LogP contribution in [-0.4, -0.2) is 61.2 Å². The highest BCUT2D eigenvalue weighted by Gasteiger charge is 2.53. The van der Waals surface area contributed by atoms with Crippen molar-refractivity contribution in [1.29, 1.82) is 0 Å². The molecule has 1 aromatic carbocycles. The molecule has 2 fully saturated rings. The quantitative estimate of drug-likeness (QED) is 0.800. The highest BCUT2D eigenvalue weighted by Crippen LogP contribution is 2.40. The molecule has 148 valence electrons. The van der Waals surface area contributed by atoms with Gasteiger partial charge < -0.3 is 19.2 Å². The fraction of sp³-hybridized carbons (Fsp3) is 0.600. The summed E-state index contributed by atoms with van der Waals surface area (Å²) in [5.41, 5.74) is -0.358. The summed E-state index contributed by atoms with van der Waals surface area (Å²) in [6.07, 6.45) is 0.343. The SMILES string of the molecule is COc1ccc(C(CN2CCC(O)C2)=C(F)B2OC(C)(C)C(C)(C)O2)cc1. The van der Waals surface area contributed by atoms with E-state index in [0.29, 0.717) is 30.8 Å². The number of likely N-dealkylation sites (tertiary alicyclic amines) is 1. The van der Waals surface area contributed by atoms with Gasteiger partial charge in [0, 0.05) is 25.2 Å². The first kappa shape index (κ1) is 20.3. The molecule has 5 nitrogen and oxygen atoms in total. The third-order valence-corrected chi connectivity index (χ3v) is 5.82. The van der Waals surface area contributed by atoms with E-state index in [-0.39, 0.29) is 6.10 Å². The molecule has 0 saturated carbocycles. The lowest BCUT2D eigenvalue weighted by atomic mass is 9.82. The van der Waals surface area contributed by atoms with Gasteiger partial charge in [-0.05, 0) is 51.8 Å². The molecule has 27 heavy (non-hydrogen) atoms. The van der Waals surface area contributed by atoms with E-state index in [4.69, 9.17) is 14.0 Å². The first-order valence-corrected chi connectivity index (χ1v) is 9.42. The van der Waals surface area contributed by atoms with Gasteiger partial charge in [-0.15, -0.1) is 0 Å². The topological polar surface area (TPSA) is 51.2 Å². The summed E-state index contributed by atoms with van der Waals surface area (Å²) in [6, 6.07) is 7.30.